The van der Waals surface area contributed by atoms with Gasteiger partial charge in [0.1, 0.15) is 12.0 Å². The zero-order valence-corrected chi connectivity index (χ0v) is 15.2. The molecule has 0 heterocycles. The van der Waals surface area contributed by atoms with Gasteiger partial charge in [-0.3, -0.25) is 0 Å². The molecule has 1 aliphatic rings. The van der Waals surface area contributed by atoms with E-state index in [1.165, 1.54) is 12.1 Å². The van der Waals surface area contributed by atoms with E-state index < -0.39 is 11.8 Å². The van der Waals surface area contributed by atoms with Crippen LogP contribution < -0.4 is 0 Å². The van der Waals surface area contributed by atoms with E-state index in [2.05, 4.69) is 18.8 Å². The second-order valence-corrected chi connectivity index (χ2v) is 7.42. The van der Waals surface area contributed by atoms with Crippen molar-refractivity contribution in [2.45, 2.75) is 63.7 Å². The first kappa shape index (κ1) is 18.8. The lowest BCUT2D eigenvalue weighted by atomic mass is 9.77. The molecule has 0 radical (unpaired) electrons. The zero-order valence-electron chi connectivity index (χ0n) is 15.2. The first-order valence-electron chi connectivity index (χ1n) is 9.55. The van der Waals surface area contributed by atoms with Gasteiger partial charge in [-0.25, -0.2) is 13.2 Å². The average Bonchev–Trinajstić information content (AvgIpc) is 2.63. The predicted molar refractivity (Wildman–Crippen MR) is 101 cm³/mol. The van der Waals surface area contributed by atoms with Crippen LogP contribution in [0.2, 0.25) is 0 Å². The van der Waals surface area contributed by atoms with Crippen LogP contribution in [0.25, 0.3) is 10.8 Å². The molecule has 2 aromatic carbocycles. The summed E-state index contributed by atoms with van der Waals surface area (Å²) in [6, 6.07) is 9.76. The number of rotatable bonds is 4. The molecule has 138 valence electrons. The summed E-state index contributed by atoms with van der Waals surface area (Å²) in [5, 5.41) is 1.60. The van der Waals surface area contributed by atoms with E-state index in [1.54, 1.807) is 24.3 Å². The van der Waals surface area contributed by atoms with Gasteiger partial charge in [-0.15, -0.1) is 0 Å². The highest BCUT2D eigenvalue weighted by atomic mass is 19.2. The summed E-state index contributed by atoms with van der Waals surface area (Å²) < 4.78 is 42.7. The number of fused-ring (bicyclic) bond motifs is 1. The van der Waals surface area contributed by atoms with Crippen LogP contribution in [0.3, 0.4) is 0 Å². The Morgan fingerprint density at radius 3 is 2.65 bits per heavy atom. The lowest BCUT2D eigenvalue weighted by Crippen LogP contribution is -2.39. The molecule has 3 rings (SSSR count). The van der Waals surface area contributed by atoms with E-state index in [0.717, 1.165) is 36.5 Å². The van der Waals surface area contributed by atoms with E-state index in [1.807, 2.05) is 0 Å². The molecule has 1 saturated carbocycles. The monoisotopic (exact) mass is 358 g/mol. The number of hydrogen-bond donors (Lipinski definition) is 0. The molecular formula is C23H25F3. The van der Waals surface area contributed by atoms with Crippen LogP contribution >= 0.6 is 0 Å². The van der Waals surface area contributed by atoms with Gasteiger partial charge in [0.15, 0.2) is 0 Å². The molecule has 3 heteroatoms. The van der Waals surface area contributed by atoms with Gasteiger partial charge >= 0.3 is 0 Å². The van der Waals surface area contributed by atoms with Gasteiger partial charge in [0.2, 0.25) is 5.67 Å². The second-order valence-electron chi connectivity index (χ2n) is 7.42. The highest BCUT2D eigenvalue weighted by Crippen LogP contribution is 2.39. The van der Waals surface area contributed by atoms with E-state index in [0.29, 0.717) is 12.0 Å². The summed E-state index contributed by atoms with van der Waals surface area (Å²) in [6.45, 7) is 2.14. The summed E-state index contributed by atoms with van der Waals surface area (Å²) in [7, 11) is 0. The van der Waals surface area contributed by atoms with Crippen molar-refractivity contribution in [2.24, 2.45) is 5.92 Å². The highest BCUT2D eigenvalue weighted by Gasteiger charge is 2.43. The minimum absolute atomic E-state index is 0.163. The topological polar surface area (TPSA) is 0 Å². The molecule has 2 aromatic rings. The van der Waals surface area contributed by atoms with Gasteiger partial charge in [-0.1, -0.05) is 56.6 Å². The molecule has 1 aliphatic carbocycles. The Bertz CT molecular complexity index is 817. The van der Waals surface area contributed by atoms with Crippen LogP contribution in [-0.4, -0.2) is 11.8 Å². The average molecular weight is 358 g/mol. The number of hydrogen-bond acceptors (Lipinski definition) is 0. The quantitative estimate of drug-likeness (QED) is 0.418. The number of alkyl halides is 2. The van der Waals surface area contributed by atoms with Gasteiger partial charge in [0.25, 0.3) is 0 Å². The van der Waals surface area contributed by atoms with Crippen molar-refractivity contribution >= 4 is 10.8 Å². The first-order chi connectivity index (χ1) is 12.5. The highest BCUT2D eigenvalue weighted by molar-refractivity contribution is 5.83. The Hall–Kier alpha value is -1.95. The van der Waals surface area contributed by atoms with Gasteiger partial charge < -0.3 is 0 Å². The van der Waals surface area contributed by atoms with E-state index in [9.17, 15) is 13.2 Å². The third-order valence-electron chi connectivity index (χ3n) is 5.39. The van der Waals surface area contributed by atoms with Crippen LogP contribution in [0.4, 0.5) is 13.2 Å². The van der Waals surface area contributed by atoms with Gasteiger partial charge in [0.05, 0.1) is 0 Å². The van der Waals surface area contributed by atoms with Gasteiger partial charge in [-0.2, -0.15) is 0 Å². The molecule has 3 unspecified atom stereocenters. The number of halogens is 3. The van der Waals surface area contributed by atoms with Crippen LogP contribution in [0.5, 0.6) is 0 Å². The molecule has 3 atom stereocenters. The Morgan fingerprint density at radius 2 is 1.88 bits per heavy atom. The minimum atomic E-state index is -2.06. The van der Waals surface area contributed by atoms with E-state index in [-0.39, 0.29) is 24.6 Å². The smallest absolute Gasteiger partial charge is 0.202 e. The Morgan fingerprint density at radius 1 is 1.12 bits per heavy atom. The zero-order chi connectivity index (χ0) is 18.6. The SMILES string of the molecule is CCCCCC1CCC(F)(C#Cc2ccc3cc(F)ccc3c2)C(F)C1. The lowest BCUT2D eigenvalue weighted by molar-refractivity contribution is 0.0358. The third kappa shape index (κ3) is 4.41. The maximum Gasteiger partial charge on any atom is 0.202 e. The van der Waals surface area contributed by atoms with E-state index in [4.69, 9.17) is 0 Å². The molecule has 0 spiro atoms. The van der Waals surface area contributed by atoms with Crippen molar-refractivity contribution < 1.29 is 13.2 Å². The molecule has 0 N–H and O–H groups in total. The normalized spacial score (nSPS) is 25.7. The fourth-order valence-electron chi connectivity index (χ4n) is 3.72. The number of benzene rings is 2. The van der Waals surface area contributed by atoms with Crippen LogP contribution in [-0.2, 0) is 0 Å². The summed E-state index contributed by atoms with van der Waals surface area (Å²) in [5.74, 6) is 5.34. The maximum atomic E-state index is 15.0. The number of unbranched alkanes of at least 4 members (excludes halogenated alkanes) is 2. The fraction of sp³-hybridized carbons (Fsp3) is 0.478. The van der Waals surface area contributed by atoms with Gasteiger partial charge in [0, 0.05) is 5.56 Å². The van der Waals surface area contributed by atoms with Crippen molar-refractivity contribution in [3.8, 4) is 11.8 Å². The molecule has 0 aromatic heterocycles. The Labute approximate surface area is 153 Å². The molecule has 26 heavy (non-hydrogen) atoms. The van der Waals surface area contributed by atoms with Crippen molar-refractivity contribution in [1.29, 1.82) is 0 Å². The summed E-state index contributed by atoms with van der Waals surface area (Å²) in [4.78, 5) is 0. The first-order valence-corrected chi connectivity index (χ1v) is 9.55. The van der Waals surface area contributed by atoms with Crippen molar-refractivity contribution in [2.75, 3.05) is 0 Å². The second kappa shape index (κ2) is 8.16. The molecule has 0 nitrogen and oxygen atoms in total. The van der Waals surface area contributed by atoms with E-state index >= 15 is 0 Å². The van der Waals surface area contributed by atoms with Crippen LogP contribution in [0, 0.1) is 23.6 Å². The van der Waals surface area contributed by atoms with Crippen molar-refractivity contribution in [1.82, 2.24) is 0 Å². The Kier molecular flexibility index (Phi) is 5.91. The Balaban J connectivity index is 1.70. The summed E-state index contributed by atoms with van der Waals surface area (Å²) >= 11 is 0. The van der Waals surface area contributed by atoms with Crippen molar-refractivity contribution in [3.63, 3.8) is 0 Å². The molecule has 0 amide bonds. The molecule has 0 saturated heterocycles. The molecule has 1 fully saturated rings. The summed E-state index contributed by atoms with van der Waals surface area (Å²) in [6.07, 6.45) is 3.98. The fourth-order valence-corrected chi connectivity index (χ4v) is 3.72. The molecular weight excluding hydrogens is 333 g/mol. The lowest BCUT2D eigenvalue weighted by Gasteiger charge is -2.33. The molecule has 0 aliphatic heterocycles. The van der Waals surface area contributed by atoms with Crippen LogP contribution in [0.15, 0.2) is 36.4 Å². The predicted octanol–water partition coefficient (Wildman–Crippen LogP) is 6.76. The minimum Gasteiger partial charge on any atom is -0.243 e. The standard InChI is InChI=1S/C23H25F3/c1-2-3-4-5-17-10-12-23(26,22(25)15-17)13-11-18-6-7-20-16-21(24)9-8-19(20)14-18/h6-9,14,16-17,22H,2-5,10,12,15H2,1H3. The maximum absolute atomic E-state index is 15.0. The third-order valence-corrected chi connectivity index (χ3v) is 5.39. The van der Waals surface area contributed by atoms with Crippen molar-refractivity contribution in [3.05, 3.63) is 47.8 Å². The summed E-state index contributed by atoms with van der Waals surface area (Å²) in [5.41, 5.74) is -1.43. The largest absolute Gasteiger partial charge is 0.243 e. The van der Waals surface area contributed by atoms with Crippen LogP contribution in [0.1, 0.15) is 57.4 Å². The van der Waals surface area contributed by atoms with Gasteiger partial charge in [-0.05, 0) is 60.2 Å². The molecule has 0 bridgehead atoms.